The monoisotopic (exact) mass is 383 g/mol. The van der Waals surface area contributed by atoms with Crippen molar-refractivity contribution < 1.29 is 0 Å². The second-order valence-electron chi connectivity index (χ2n) is 6.40. The number of benzene rings is 1. The average molecular weight is 384 g/mol. The van der Waals surface area contributed by atoms with Gasteiger partial charge in [0.05, 0.1) is 11.1 Å². The van der Waals surface area contributed by atoms with Crippen LogP contribution in [0.5, 0.6) is 0 Å². The summed E-state index contributed by atoms with van der Waals surface area (Å²) in [6, 6.07) is 7.10. The summed E-state index contributed by atoms with van der Waals surface area (Å²) in [4.78, 5) is 27.0. The Morgan fingerprint density at radius 2 is 2.00 bits per heavy atom. The van der Waals surface area contributed by atoms with Crippen LogP contribution in [-0.4, -0.2) is 26.1 Å². The summed E-state index contributed by atoms with van der Waals surface area (Å²) in [5.41, 5.74) is 1.26. The molecule has 1 fully saturated rings. The van der Waals surface area contributed by atoms with E-state index in [2.05, 4.69) is 20.3 Å². The van der Waals surface area contributed by atoms with Gasteiger partial charge in [-0.25, -0.2) is 15.0 Å². The first kappa shape index (κ1) is 15.7. The zero-order valence-electron chi connectivity index (χ0n) is 13.6. The summed E-state index contributed by atoms with van der Waals surface area (Å²) in [7, 11) is 0. The van der Waals surface area contributed by atoms with Crippen LogP contribution in [0.15, 0.2) is 41.7 Å². The Kier molecular flexibility index (Phi) is 3.65. The molecular formula is C18H14ClN5OS. The van der Waals surface area contributed by atoms with E-state index in [0.29, 0.717) is 15.2 Å². The minimum atomic E-state index is -0.117. The molecule has 0 aliphatic heterocycles. The van der Waals surface area contributed by atoms with Crippen LogP contribution in [0.2, 0.25) is 5.02 Å². The van der Waals surface area contributed by atoms with Crippen molar-refractivity contribution in [3.63, 3.8) is 0 Å². The second-order valence-corrected chi connectivity index (χ2v) is 7.84. The number of nitrogens with zero attached hydrogens (tertiary/aromatic N) is 4. The molecular weight excluding hydrogens is 370 g/mol. The summed E-state index contributed by atoms with van der Waals surface area (Å²) >= 11 is 7.29. The summed E-state index contributed by atoms with van der Waals surface area (Å²) in [5, 5.41) is 4.84. The van der Waals surface area contributed by atoms with E-state index in [4.69, 9.17) is 11.6 Å². The fourth-order valence-electron chi connectivity index (χ4n) is 2.95. The molecule has 26 heavy (non-hydrogen) atoms. The predicted molar refractivity (Wildman–Crippen MR) is 105 cm³/mol. The third-order valence-corrected chi connectivity index (χ3v) is 5.87. The first-order valence-electron chi connectivity index (χ1n) is 8.35. The highest BCUT2D eigenvalue weighted by atomic mass is 35.5. The Labute approximate surface area is 157 Å². The Balaban J connectivity index is 1.68. The number of rotatable bonds is 4. The summed E-state index contributed by atoms with van der Waals surface area (Å²) < 4.78 is 2.10. The lowest BCUT2D eigenvalue weighted by atomic mass is 10.3. The average Bonchev–Trinajstić information content (AvgIpc) is 3.40. The Bertz CT molecular complexity index is 1180. The second kappa shape index (κ2) is 6.03. The van der Waals surface area contributed by atoms with Crippen molar-refractivity contribution in [2.24, 2.45) is 5.92 Å². The zero-order valence-corrected chi connectivity index (χ0v) is 15.2. The number of halogens is 1. The molecule has 4 aromatic rings. The van der Waals surface area contributed by atoms with Gasteiger partial charge in [0, 0.05) is 11.6 Å². The molecule has 0 spiro atoms. The van der Waals surface area contributed by atoms with Gasteiger partial charge in [-0.15, -0.1) is 11.3 Å². The quantitative estimate of drug-likeness (QED) is 0.579. The van der Waals surface area contributed by atoms with Crippen molar-refractivity contribution in [1.29, 1.82) is 0 Å². The lowest BCUT2D eigenvalue weighted by Crippen LogP contribution is -2.17. The fourth-order valence-corrected chi connectivity index (χ4v) is 4.10. The topological polar surface area (TPSA) is 72.7 Å². The molecule has 130 valence electrons. The van der Waals surface area contributed by atoms with Crippen LogP contribution in [0.4, 0.5) is 5.82 Å². The maximum atomic E-state index is 13.0. The summed E-state index contributed by atoms with van der Waals surface area (Å²) in [6.45, 7) is 0.894. The van der Waals surface area contributed by atoms with Crippen molar-refractivity contribution in [2.75, 3.05) is 11.9 Å². The number of fused-ring (bicyclic) bond motifs is 3. The minimum Gasteiger partial charge on any atom is -0.369 e. The maximum Gasteiger partial charge on any atom is 0.275 e. The van der Waals surface area contributed by atoms with Crippen LogP contribution in [-0.2, 0) is 0 Å². The predicted octanol–water partition coefficient (Wildman–Crippen LogP) is 3.87. The third-order valence-electron chi connectivity index (χ3n) is 4.54. The van der Waals surface area contributed by atoms with E-state index in [1.165, 1.54) is 35.1 Å². The molecule has 3 heterocycles. The van der Waals surface area contributed by atoms with Crippen molar-refractivity contribution in [2.45, 2.75) is 12.8 Å². The fraction of sp³-hybridized carbons (Fsp3) is 0.222. The van der Waals surface area contributed by atoms with Gasteiger partial charge in [-0.3, -0.25) is 9.36 Å². The first-order chi connectivity index (χ1) is 12.7. The molecule has 6 nitrogen and oxygen atoms in total. The van der Waals surface area contributed by atoms with Crippen LogP contribution < -0.4 is 10.9 Å². The first-order valence-corrected chi connectivity index (χ1v) is 9.55. The van der Waals surface area contributed by atoms with Gasteiger partial charge in [0.25, 0.3) is 5.56 Å². The van der Waals surface area contributed by atoms with Crippen LogP contribution in [0.1, 0.15) is 12.8 Å². The van der Waals surface area contributed by atoms with Gasteiger partial charge in [-0.05, 0) is 43.0 Å². The number of nitrogens with one attached hydrogen (secondary N) is 1. The standard InChI is InChI=1S/C18H14ClN5OS/c19-11-3-5-12(6-4-11)24-9-23-14-13-16(20-7-10-1-2-10)21-8-22-17(13)26-15(14)18(24)25/h3-6,8-10H,1-2,7H2,(H,20,21,22). The minimum absolute atomic E-state index is 0.117. The van der Waals surface area contributed by atoms with E-state index in [1.807, 2.05) is 0 Å². The van der Waals surface area contributed by atoms with Crippen molar-refractivity contribution in [3.05, 3.63) is 52.3 Å². The summed E-state index contributed by atoms with van der Waals surface area (Å²) in [5.74, 6) is 1.48. The van der Waals surface area contributed by atoms with Gasteiger partial charge >= 0.3 is 0 Å². The lowest BCUT2D eigenvalue weighted by Gasteiger charge is -2.06. The van der Waals surface area contributed by atoms with Crippen LogP contribution in [0.3, 0.4) is 0 Å². The molecule has 0 bridgehead atoms. The van der Waals surface area contributed by atoms with Crippen LogP contribution in [0.25, 0.3) is 26.1 Å². The number of thiophene rings is 1. The van der Waals surface area contributed by atoms with Gasteiger partial charge < -0.3 is 5.32 Å². The molecule has 8 heteroatoms. The molecule has 1 aromatic carbocycles. The Morgan fingerprint density at radius 1 is 1.19 bits per heavy atom. The third kappa shape index (κ3) is 2.64. The van der Waals surface area contributed by atoms with Gasteiger partial charge in [-0.2, -0.15) is 0 Å². The summed E-state index contributed by atoms with van der Waals surface area (Å²) in [6.07, 6.45) is 5.60. The molecule has 0 atom stereocenters. The van der Waals surface area contributed by atoms with E-state index >= 15 is 0 Å². The number of anilines is 1. The van der Waals surface area contributed by atoms with E-state index in [9.17, 15) is 4.79 Å². The van der Waals surface area contributed by atoms with E-state index in [-0.39, 0.29) is 5.56 Å². The van der Waals surface area contributed by atoms with Crippen molar-refractivity contribution in [3.8, 4) is 5.69 Å². The zero-order chi connectivity index (χ0) is 17.7. The largest absolute Gasteiger partial charge is 0.369 e. The van der Waals surface area contributed by atoms with Gasteiger partial charge in [0.15, 0.2) is 0 Å². The molecule has 1 saturated carbocycles. The maximum absolute atomic E-state index is 13.0. The highest BCUT2D eigenvalue weighted by Crippen LogP contribution is 2.34. The van der Waals surface area contributed by atoms with Crippen LogP contribution >= 0.6 is 22.9 Å². The van der Waals surface area contributed by atoms with E-state index in [0.717, 1.165) is 34.2 Å². The molecule has 0 saturated heterocycles. The van der Waals surface area contributed by atoms with Gasteiger partial charge in [-0.1, -0.05) is 11.6 Å². The Morgan fingerprint density at radius 3 is 2.77 bits per heavy atom. The molecule has 0 radical (unpaired) electrons. The molecule has 0 unspecified atom stereocenters. The SMILES string of the molecule is O=c1c2sc3ncnc(NCC4CC4)c3c2ncn1-c1ccc(Cl)cc1. The molecule has 1 aliphatic carbocycles. The molecule has 1 aliphatic rings. The molecule has 1 N–H and O–H groups in total. The van der Waals surface area contributed by atoms with E-state index < -0.39 is 0 Å². The normalized spacial score (nSPS) is 14.2. The van der Waals surface area contributed by atoms with E-state index in [1.54, 1.807) is 30.6 Å². The molecule has 0 amide bonds. The molecule has 5 rings (SSSR count). The number of hydrogen-bond acceptors (Lipinski definition) is 6. The van der Waals surface area contributed by atoms with Crippen molar-refractivity contribution in [1.82, 2.24) is 19.5 Å². The lowest BCUT2D eigenvalue weighted by molar-refractivity contribution is 0.884. The number of hydrogen-bond donors (Lipinski definition) is 1. The van der Waals surface area contributed by atoms with Crippen LogP contribution in [0, 0.1) is 5.92 Å². The molecule has 3 aromatic heterocycles. The highest BCUT2D eigenvalue weighted by Gasteiger charge is 2.22. The number of aromatic nitrogens is 4. The highest BCUT2D eigenvalue weighted by molar-refractivity contribution is 7.25. The van der Waals surface area contributed by atoms with Crippen molar-refractivity contribution >= 4 is 49.2 Å². The van der Waals surface area contributed by atoms with Gasteiger partial charge in [0.2, 0.25) is 0 Å². The smallest absolute Gasteiger partial charge is 0.275 e. The van der Waals surface area contributed by atoms with Gasteiger partial charge in [0.1, 0.15) is 33.5 Å². The Hall–Kier alpha value is -2.51.